The first-order chi connectivity index (χ1) is 20.5. The zero-order chi connectivity index (χ0) is 30.9. The fourth-order valence-corrected chi connectivity index (χ4v) is 5.48. The van der Waals surface area contributed by atoms with Gasteiger partial charge in [0.1, 0.15) is 12.6 Å². The molecule has 0 radical (unpaired) electrons. The minimum atomic E-state index is -4.64. The van der Waals surface area contributed by atoms with Gasteiger partial charge in [0.15, 0.2) is 0 Å². The molecule has 0 bridgehead atoms. The number of esters is 1. The van der Waals surface area contributed by atoms with Crippen molar-refractivity contribution in [3.63, 3.8) is 0 Å². The van der Waals surface area contributed by atoms with Crippen molar-refractivity contribution in [3.8, 4) is 0 Å². The third-order valence-electron chi connectivity index (χ3n) is 6.48. The highest BCUT2D eigenvalue weighted by Crippen LogP contribution is 2.29. The monoisotopic (exact) mass is 610 g/mol. The molecule has 2 N–H and O–H groups in total. The molecule has 0 fully saturated rings. The third-order valence-corrected chi connectivity index (χ3v) is 7.97. The molecule has 2 atom stereocenters. The molecule has 43 heavy (non-hydrogen) atoms. The molecule has 0 unspecified atom stereocenters. The molecule has 11 heteroatoms. The Morgan fingerprint density at radius 2 is 1.23 bits per heavy atom. The summed E-state index contributed by atoms with van der Waals surface area (Å²) < 4.78 is 73.0. The normalized spacial score (nSPS) is 13.1. The lowest BCUT2D eigenvalue weighted by atomic mass is 10.1. The highest BCUT2D eigenvalue weighted by Gasteiger charge is 2.32. The van der Waals surface area contributed by atoms with E-state index < -0.39 is 44.7 Å². The van der Waals surface area contributed by atoms with Crippen LogP contribution in [-0.4, -0.2) is 39.0 Å². The van der Waals surface area contributed by atoms with E-state index in [0.717, 1.165) is 17.7 Å². The molecular weight excluding hydrogens is 581 g/mol. The zero-order valence-electron chi connectivity index (χ0n) is 22.8. The van der Waals surface area contributed by atoms with E-state index in [2.05, 4.69) is 10.0 Å². The average Bonchev–Trinajstić information content (AvgIpc) is 3.00. The number of hydrogen-bond donors (Lipinski definition) is 2. The van der Waals surface area contributed by atoms with Crippen LogP contribution in [-0.2, 0) is 38.6 Å². The largest absolute Gasteiger partial charge is 0.462 e. The number of rotatable bonds is 12. The van der Waals surface area contributed by atoms with Gasteiger partial charge in [-0.25, -0.2) is 8.42 Å². The van der Waals surface area contributed by atoms with Crippen LogP contribution in [0.15, 0.2) is 120 Å². The van der Waals surface area contributed by atoms with Gasteiger partial charge in [-0.2, -0.15) is 17.9 Å². The van der Waals surface area contributed by atoms with Crippen molar-refractivity contribution >= 4 is 21.9 Å². The van der Waals surface area contributed by atoms with Gasteiger partial charge in [0.2, 0.25) is 10.0 Å². The number of hydrogen-bond acceptors (Lipinski definition) is 5. The number of alkyl halides is 3. The molecule has 7 nitrogen and oxygen atoms in total. The third kappa shape index (κ3) is 9.25. The fourth-order valence-electron chi connectivity index (χ4n) is 4.29. The molecule has 4 aromatic carbocycles. The Morgan fingerprint density at radius 1 is 0.721 bits per heavy atom. The first-order valence-electron chi connectivity index (χ1n) is 13.3. The number of carbonyl (C=O) groups is 2. The van der Waals surface area contributed by atoms with E-state index in [-0.39, 0.29) is 18.9 Å². The van der Waals surface area contributed by atoms with E-state index in [0.29, 0.717) is 29.7 Å². The number of nitrogens with one attached hydrogen (secondary N) is 2. The molecule has 0 spiro atoms. The van der Waals surface area contributed by atoms with E-state index in [1.165, 1.54) is 0 Å². The molecule has 4 aromatic rings. The highest BCUT2D eigenvalue weighted by atomic mass is 32.2. The minimum absolute atomic E-state index is 0.0841. The first kappa shape index (κ1) is 31.5. The molecule has 0 saturated carbocycles. The zero-order valence-corrected chi connectivity index (χ0v) is 23.6. The van der Waals surface area contributed by atoms with Crippen LogP contribution >= 0.6 is 0 Å². The van der Waals surface area contributed by atoms with Gasteiger partial charge in [0, 0.05) is 5.56 Å². The van der Waals surface area contributed by atoms with Crippen LogP contribution < -0.4 is 10.0 Å². The second-order valence-corrected chi connectivity index (χ2v) is 11.5. The maximum absolute atomic E-state index is 13.3. The highest BCUT2D eigenvalue weighted by molar-refractivity contribution is 7.89. The molecule has 224 valence electrons. The summed E-state index contributed by atoms with van der Waals surface area (Å²) in [6.45, 7) is -0.264. The predicted octanol–water partition coefficient (Wildman–Crippen LogP) is 5.18. The van der Waals surface area contributed by atoms with Crippen LogP contribution in [0.2, 0.25) is 0 Å². The Morgan fingerprint density at radius 3 is 1.77 bits per heavy atom. The summed E-state index contributed by atoms with van der Waals surface area (Å²) in [6, 6.07) is 27.2. The second-order valence-electron chi connectivity index (χ2n) is 9.74. The first-order valence-corrected chi connectivity index (χ1v) is 14.8. The lowest BCUT2D eigenvalue weighted by Crippen LogP contribution is -2.46. The fraction of sp³-hybridized carbons (Fsp3) is 0.188. The number of halogens is 3. The van der Waals surface area contributed by atoms with Gasteiger partial charge in [0.05, 0.1) is 16.5 Å². The molecule has 0 aliphatic carbocycles. The van der Waals surface area contributed by atoms with Gasteiger partial charge >= 0.3 is 12.1 Å². The average molecular weight is 611 g/mol. The lowest BCUT2D eigenvalue weighted by molar-refractivity contribution is -0.146. The summed E-state index contributed by atoms with van der Waals surface area (Å²) >= 11 is 0. The van der Waals surface area contributed by atoms with Gasteiger partial charge in [-0.05, 0) is 60.4 Å². The van der Waals surface area contributed by atoms with E-state index in [9.17, 15) is 31.2 Å². The summed E-state index contributed by atoms with van der Waals surface area (Å²) in [5.74, 6) is -1.28. The summed E-state index contributed by atoms with van der Waals surface area (Å²) in [5.41, 5.74) is 0.908. The Hall–Kier alpha value is -4.48. The van der Waals surface area contributed by atoms with Crippen molar-refractivity contribution < 1.29 is 35.9 Å². The Labute approximate surface area is 247 Å². The quantitative estimate of drug-likeness (QED) is 0.215. The van der Waals surface area contributed by atoms with Gasteiger partial charge in [-0.15, -0.1) is 0 Å². The molecule has 0 aromatic heterocycles. The van der Waals surface area contributed by atoms with Crippen molar-refractivity contribution in [2.75, 3.05) is 6.61 Å². The van der Waals surface area contributed by atoms with Crippen molar-refractivity contribution in [2.24, 2.45) is 0 Å². The lowest BCUT2D eigenvalue weighted by Gasteiger charge is -2.22. The Kier molecular flexibility index (Phi) is 10.3. The summed E-state index contributed by atoms with van der Waals surface area (Å²) in [6.07, 6.45) is -4.39. The summed E-state index contributed by atoms with van der Waals surface area (Å²) in [4.78, 5) is 25.8. The van der Waals surface area contributed by atoms with Crippen molar-refractivity contribution in [1.29, 1.82) is 0 Å². The smallest absolute Gasteiger partial charge is 0.416 e. The molecular formula is C32H29F3N2O5S. The number of amides is 1. The molecule has 1 amide bonds. The molecule has 0 aliphatic heterocycles. The minimum Gasteiger partial charge on any atom is -0.462 e. The van der Waals surface area contributed by atoms with Crippen LogP contribution in [0.1, 0.15) is 27.0 Å². The number of carbonyl (C=O) groups excluding carboxylic acids is 2. The maximum atomic E-state index is 13.3. The van der Waals surface area contributed by atoms with Crippen molar-refractivity contribution in [3.05, 3.63) is 138 Å². The molecule has 4 rings (SSSR count). The van der Waals surface area contributed by atoms with Gasteiger partial charge in [0.25, 0.3) is 5.91 Å². The molecule has 0 heterocycles. The summed E-state index contributed by atoms with van der Waals surface area (Å²) in [7, 11) is -4.42. The SMILES string of the molecule is O=C(N[C@@H](COC(=O)[C@@H](Cc1ccccc1)NS(=O)(=O)c1ccc(C(F)(F)F)cc1)Cc1ccccc1)c1ccccc1. The van der Waals surface area contributed by atoms with Crippen LogP contribution in [0, 0.1) is 0 Å². The van der Waals surface area contributed by atoms with Crippen LogP contribution in [0.5, 0.6) is 0 Å². The Balaban J connectivity index is 1.52. The van der Waals surface area contributed by atoms with E-state index in [1.54, 1.807) is 60.7 Å². The van der Waals surface area contributed by atoms with Crippen LogP contribution in [0.3, 0.4) is 0 Å². The van der Waals surface area contributed by atoms with Crippen molar-refractivity contribution in [2.45, 2.75) is 36.0 Å². The maximum Gasteiger partial charge on any atom is 0.416 e. The van der Waals surface area contributed by atoms with Crippen LogP contribution in [0.25, 0.3) is 0 Å². The van der Waals surface area contributed by atoms with Crippen molar-refractivity contribution in [1.82, 2.24) is 10.0 Å². The molecule has 0 saturated heterocycles. The predicted molar refractivity (Wildman–Crippen MR) is 155 cm³/mol. The second kappa shape index (κ2) is 14.1. The van der Waals surface area contributed by atoms with E-state index in [4.69, 9.17) is 4.74 Å². The van der Waals surface area contributed by atoms with E-state index in [1.807, 2.05) is 30.3 Å². The van der Waals surface area contributed by atoms with E-state index >= 15 is 0 Å². The topological polar surface area (TPSA) is 102 Å². The number of sulfonamides is 1. The standard InChI is InChI=1S/C32H29F3N2O5S/c33-32(34,35)26-16-18-28(19-17-26)43(40,41)37-29(21-24-12-6-2-7-13-24)31(39)42-22-27(20-23-10-4-1-5-11-23)36-30(38)25-14-8-3-9-15-25/h1-19,27,29,37H,20-22H2,(H,36,38)/t27-,29-/m1/s1. The number of benzene rings is 4. The van der Waals surface area contributed by atoms with Gasteiger partial charge < -0.3 is 10.1 Å². The van der Waals surface area contributed by atoms with Gasteiger partial charge in [-0.3, -0.25) is 9.59 Å². The van der Waals surface area contributed by atoms with Gasteiger partial charge in [-0.1, -0.05) is 78.9 Å². The summed E-state index contributed by atoms with van der Waals surface area (Å²) in [5, 5.41) is 2.87. The Bertz CT molecular complexity index is 1600. The number of ether oxygens (including phenoxy) is 1. The molecule has 0 aliphatic rings. The van der Waals surface area contributed by atoms with Crippen LogP contribution in [0.4, 0.5) is 13.2 Å².